The van der Waals surface area contributed by atoms with E-state index in [2.05, 4.69) is 55.6 Å². The fourth-order valence-electron chi connectivity index (χ4n) is 13.5. The first-order chi connectivity index (χ1) is 46.5. The summed E-state index contributed by atoms with van der Waals surface area (Å²) in [7, 11) is 0. The minimum Gasteiger partial charge on any atom is -0.466 e. The van der Waals surface area contributed by atoms with Crippen LogP contribution in [0, 0.1) is 0 Å². The van der Waals surface area contributed by atoms with Crippen LogP contribution in [0.4, 0.5) is 0 Å². The molecule has 2 atom stereocenters. The summed E-state index contributed by atoms with van der Waals surface area (Å²) in [5.74, 6) is -0.0465. The van der Waals surface area contributed by atoms with E-state index in [1.807, 2.05) is 6.08 Å². The third-order valence-electron chi connectivity index (χ3n) is 20.1. The van der Waals surface area contributed by atoms with E-state index in [1.54, 1.807) is 6.08 Å². The van der Waals surface area contributed by atoms with Crippen molar-refractivity contribution in [2.24, 2.45) is 0 Å². The molecule has 94 heavy (non-hydrogen) atoms. The predicted molar refractivity (Wildman–Crippen MR) is 416 cm³/mol. The number of unbranched alkanes of at least 4 members (excludes halogenated alkanes) is 64. The fraction of sp³-hybridized carbons (Fsp3) is 0.886. The van der Waals surface area contributed by atoms with E-state index < -0.39 is 12.1 Å². The molecule has 0 aliphatic heterocycles. The minimum atomic E-state index is -0.845. The van der Waals surface area contributed by atoms with Crippen molar-refractivity contribution >= 4 is 11.9 Å². The molecule has 1 amide bonds. The average Bonchev–Trinajstić information content (AvgIpc) is 3.67. The van der Waals surface area contributed by atoms with Gasteiger partial charge in [-0.15, -0.1) is 0 Å². The molecule has 0 spiro atoms. The Balaban J connectivity index is 3.39. The Labute approximate surface area is 588 Å². The van der Waals surface area contributed by atoms with Crippen molar-refractivity contribution in [3.8, 4) is 0 Å². The first-order valence-electron chi connectivity index (χ1n) is 42.9. The second-order valence-electron chi connectivity index (χ2n) is 29.5. The number of hydrogen-bond donors (Lipinski definition) is 3. The first kappa shape index (κ1) is 91.8. The highest BCUT2D eigenvalue weighted by Crippen LogP contribution is 2.20. The topological polar surface area (TPSA) is 95.9 Å². The summed E-state index contributed by atoms with van der Waals surface area (Å²) in [4.78, 5) is 24.7. The van der Waals surface area contributed by atoms with Gasteiger partial charge in [0.05, 0.1) is 25.4 Å². The number of ether oxygens (including phenoxy) is 1. The lowest BCUT2D eigenvalue weighted by Gasteiger charge is -2.20. The molecule has 0 heterocycles. The standard InChI is InChI=1S/C88H167NO5/c1-3-5-7-9-11-13-15-17-19-21-22-23-24-36-39-42-45-49-52-56-60-64-68-72-76-80-86(91)85(84-90)89-87(92)81-77-73-69-65-61-57-53-50-46-43-40-37-34-32-30-28-26-25-27-29-31-33-35-38-41-44-47-51-55-59-63-67-71-75-79-83-94-88(93)82-78-74-70-66-62-58-54-48-20-18-16-14-12-10-8-6-4-2/h18,20,27,29,33,35,76,80,85-86,90-91H,3-17,19,21-26,28,30-32,34,36-75,77-79,81-84H2,1-2H3,(H,89,92)/b20-18-,29-27-,35-33-,80-76+. The maximum atomic E-state index is 12.6. The Bertz CT molecular complexity index is 1570. The van der Waals surface area contributed by atoms with Gasteiger partial charge in [-0.2, -0.15) is 0 Å². The second-order valence-corrected chi connectivity index (χ2v) is 29.5. The number of carbonyl (C=O) groups is 2. The predicted octanol–water partition coefficient (Wildman–Crippen LogP) is 28.7. The smallest absolute Gasteiger partial charge is 0.305 e. The number of carbonyl (C=O) groups excluding carboxylic acids is 2. The van der Waals surface area contributed by atoms with Gasteiger partial charge < -0.3 is 20.3 Å². The van der Waals surface area contributed by atoms with E-state index in [0.29, 0.717) is 19.4 Å². The molecule has 3 N–H and O–H groups in total. The summed E-state index contributed by atoms with van der Waals surface area (Å²) in [6.07, 6.45) is 111. The number of nitrogens with one attached hydrogen (secondary N) is 1. The van der Waals surface area contributed by atoms with Gasteiger partial charge in [0.15, 0.2) is 0 Å². The number of allylic oxidation sites excluding steroid dienone is 7. The van der Waals surface area contributed by atoms with E-state index in [1.165, 1.54) is 398 Å². The lowest BCUT2D eigenvalue weighted by molar-refractivity contribution is -0.143. The first-order valence-corrected chi connectivity index (χ1v) is 42.9. The maximum Gasteiger partial charge on any atom is 0.305 e. The highest BCUT2D eigenvalue weighted by Gasteiger charge is 2.18. The van der Waals surface area contributed by atoms with Crippen LogP contribution in [0.1, 0.15) is 476 Å². The molecule has 0 aliphatic rings. The molecule has 554 valence electrons. The Morgan fingerprint density at radius 1 is 0.298 bits per heavy atom. The zero-order chi connectivity index (χ0) is 67.7. The SMILES string of the molecule is CCCCCCCC/C=C\CCCCCCCCCC(=O)OCCCCCCCCCCCCC/C=C\C/C=C\CCCCCCCCCCCCCCCCCCCC(=O)NC(CO)C(O)/C=C/CCCCCCCCCCCCCCCCCCCCCCCCC. The molecular formula is C88H167NO5. The summed E-state index contributed by atoms with van der Waals surface area (Å²) in [5, 5.41) is 23.3. The monoisotopic (exact) mass is 1320 g/mol. The molecular weight excluding hydrogens is 1150 g/mol. The van der Waals surface area contributed by atoms with Gasteiger partial charge in [0.1, 0.15) is 0 Å². The van der Waals surface area contributed by atoms with E-state index in [9.17, 15) is 19.8 Å². The third kappa shape index (κ3) is 78.8. The van der Waals surface area contributed by atoms with Crippen LogP contribution in [-0.2, 0) is 14.3 Å². The number of hydrogen-bond acceptors (Lipinski definition) is 5. The highest BCUT2D eigenvalue weighted by molar-refractivity contribution is 5.76. The largest absolute Gasteiger partial charge is 0.466 e. The molecule has 0 saturated heterocycles. The number of amides is 1. The zero-order valence-corrected chi connectivity index (χ0v) is 63.7. The van der Waals surface area contributed by atoms with Gasteiger partial charge in [0.2, 0.25) is 5.91 Å². The van der Waals surface area contributed by atoms with Crippen LogP contribution in [0.25, 0.3) is 0 Å². The van der Waals surface area contributed by atoms with Crippen molar-refractivity contribution in [3.05, 3.63) is 48.6 Å². The van der Waals surface area contributed by atoms with Crippen LogP contribution in [0.3, 0.4) is 0 Å². The van der Waals surface area contributed by atoms with Crippen molar-refractivity contribution in [2.45, 2.75) is 488 Å². The number of esters is 1. The summed E-state index contributed by atoms with van der Waals surface area (Å²) in [6, 6.07) is -0.628. The van der Waals surface area contributed by atoms with Crippen molar-refractivity contribution in [2.75, 3.05) is 13.2 Å². The van der Waals surface area contributed by atoms with Gasteiger partial charge in [-0.3, -0.25) is 9.59 Å². The highest BCUT2D eigenvalue weighted by atomic mass is 16.5. The van der Waals surface area contributed by atoms with Crippen molar-refractivity contribution in [1.29, 1.82) is 0 Å². The quantitative estimate of drug-likeness (QED) is 0.0320. The van der Waals surface area contributed by atoms with Crippen LogP contribution in [0.15, 0.2) is 48.6 Å². The normalized spacial score (nSPS) is 12.7. The summed E-state index contributed by atoms with van der Waals surface area (Å²) in [5.41, 5.74) is 0. The zero-order valence-electron chi connectivity index (χ0n) is 63.7. The lowest BCUT2D eigenvalue weighted by atomic mass is 10.0. The summed E-state index contributed by atoms with van der Waals surface area (Å²) < 4.78 is 5.51. The van der Waals surface area contributed by atoms with E-state index in [-0.39, 0.29) is 18.5 Å². The molecule has 0 aromatic heterocycles. The lowest BCUT2D eigenvalue weighted by Crippen LogP contribution is -2.45. The summed E-state index contributed by atoms with van der Waals surface area (Å²) in [6.45, 7) is 4.95. The molecule has 0 radical (unpaired) electrons. The number of aliphatic hydroxyl groups excluding tert-OH is 2. The van der Waals surface area contributed by atoms with Gasteiger partial charge in [-0.25, -0.2) is 0 Å². The van der Waals surface area contributed by atoms with Crippen molar-refractivity contribution in [1.82, 2.24) is 5.32 Å². The molecule has 0 bridgehead atoms. The van der Waals surface area contributed by atoms with Crippen LogP contribution in [0.2, 0.25) is 0 Å². The van der Waals surface area contributed by atoms with Gasteiger partial charge in [0, 0.05) is 12.8 Å². The summed E-state index contributed by atoms with van der Waals surface area (Å²) >= 11 is 0. The number of aliphatic hydroxyl groups is 2. The Morgan fingerprint density at radius 3 is 0.819 bits per heavy atom. The van der Waals surface area contributed by atoms with Gasteiger partial charge in [0.25, 0.3) is 0 Å². The van der Waals surface area contributed by atoms with Crippen LogP contribution in [0.5, 0.6) is 0 Å². The Morgan fingerprint density at radius 2 is 0.532 bits per heavy atom. The Hall–Kier alpha value is -2.18. The molecule has 6 heteroatoms. The molecule has 0 saturated carbocycles. The average molecular weight is 1320 g/mol. The maximum absolute atomic E-state index is 12.6. The van der Waals surface area contributed by atoms with E-state index >= 15 is 0 Å². The molecule has 0 fully saturated rings. The fourth-order valence-corrected chi connectivity index (χ4v) is 13.5. The third-order valence-corrected chi connectivity index (χ3v) is 20.1. The van der Waals surface area contributed by atoms with E-state index in [0.717, 1.165) is 51.4 Å². The molecule has 0 rings (SSSR count). The molecule has 0 aromatic carbocycles. The Kier molecular flexibility index (Phi) is 81.3. The van der Waals surface area contributed by atoms with Gasteiger partial charge in [-0.1, -0.05) is 422 Å². The molecule has 0 aromatic rings. The van der Waals surface area contributed by atoms with Crippen LogP contribution >= 0.6 is 0 Å². The van der Waals surface area contributed by atoms with Crippen molar-refractivity contribution in [3.63, 3.8) is 0 Å². The minimum absolute atomic E-state index is 0.0140. The van der Waals surface area contributed by atoms with Crippen LogP contribution < -0.4 is 5.32 Å². The van der Waals surface area contributed by atoms with Gasteiger partial charge in [-0.05, 0) is 89.9 Å². The second kappa shape index (κ2) is 83.2. The molecule has 6 nitrogen and oxygen atoms in total. The van der Waals surface area contributed by atoms with Gasteiger partial charge >= 0.3 is 5.97 Å². The van der Waals surface area contributed by atoms with Crippen LogP contribution in [-0.4, -0.2) is 47.4 Å². The number of rotatable bonds is 81. The molecule has 2 unspecified atom stereocenters. The van der Waals surface area contributed by atoms with E-state index in [4.69, 9.17) is 4.74 Å². The van der Waals surface area contributed by atoms with Crippen molar-refractivity contribution < 1.29 is 24.5 Å². The molecule has 0 aliphatic carbocycles.